The molecule has 170 valence electrons. The Labute approximate surface area is 194 Å². The van der Waals surface area contributed by atoms with E-state index in [-0.39, 0.29) is 5.91 Å². The van der Waals surface area contributed by atoms with Gasteiger partial charge in [0, 0.05) is 35.2 Å². The molecule has 7 heteroatoms. The number of nitrogens with zero attached hydrogens (tertiary/aromatic N) is 2. The summed E-state index contributed by atoms with van der Waals surface area (Å²) in [5.74, 6) is 1.82. The molecule has 6 bridgehead atoms. The summed E-state index contributed by atoms with van der Waals surface area (Å²) < 4.78 is 0. The van der Waals surface area contributed by atoms with Crippen LogP contribution in [0.2, 0.25) is 0 Å². The van der Waals surface area contributed by atoms with Gasteiger partial charge >= 0.3 is 0 Å². The largest absolute Gasteiger partial charge is 0.340 e. The summed E-state index contributed by atoms with van der Waals surface area (Å²) in [6.45, 7) is 3.97. The third-order valence-corrected chi connectivity index (χ3v) is 6.35. The third kappa shape index (κ3) is 5.31. The van der Waals surface area contributed by atoms with E-state index in [1.54, 1.807) is 0 Å². The maximum atomic E-state index is 12.8. The number of rotatable bonds is 3. The number of anilines is 5. The predicted octanol–water partition coefficient (Wildman–Crippen LogP) is 4.70. The maximum absolute atomic E-state index is 12.8. The highest BCUT2D eigenvalue weighted by molar-refractivity contribution is 5.92. The van der Waals surface area contributed by atoms with E-state index in [1.165, 1.54) is 5.56 Å². The summed E-state index contributed by atoms with van der Waals surface area (Å²) in [4.78, 5) is 21.9. The van der Waals surface area contributed by atoms with Crippen molar-refractivity contribution >= 4 is 34.7 Å². The van der Waals surface area contributed by atoms with Crippen LogP contribution in [0.5, 0.6) is 0 Å². The summed E-state index contributed by atoms with van der Waals surface area (Å²) in [5.41, 5.74) is 6.08. The first-order chi connectivity index (χ1) is 16.1. The molecular formula is C26H30N6O. The molecule has 7 nitrogen and oxygen atoms in total. The van der Waals surface area contributed by atoms with Crippen LogP contribution < -0.4 is 21.3 Å². The number of carbonyl (C=O) groups is 1. The van der Waals surface area contributed by atoms with Gasteiger partial charge in [-0.15, -0.1) is 0 Å². The van der Waals surface area contributed by atoms with Crippen LogP contribution in [0.25, 0.3) is 0 Å². The molecule has 1 aromatic heterocycles. The number of aromatic nitrogens is 2. The molecule has 1 atom stereocenters. The van der Waals surface area contributed by atoms with E-state index in [9.17, 15) is 4.79 Å². The Kier molecular flexibility index (Phi) is 6.21. The fourth-order valence-corrected chi connectivity index (χ4v) is 4.54. The number of carbonyl (C=O) groups excluding carboxylic acids is 1. The van der Waals surface area contributed by atoms with Gasteiger partial charge in [0.25, 0.3) is 0 Å². The number of nitrogens with one attached hydrogen (secondary N) is 4. The Hall–Kier alpha value is -3.45. The van der Waals surface area contributed by atoms with Crippen LogP contribution in [0.15, 0.2) is 48.7 Å². The fourth-order valence-electron chi connectivity index (χ4n) is 4.54. The van der Waals surface area contributed by atoms with Crippen LogP contribution in [0, 0.1) is 12.8 Å². The zero-order valence-corrected chi connectivity index (χ0v) is 18.9. The second-order valence-corrected chi connectivity index (χ2v) is 9.01. The molecule has 2 aliphatic rings. The standard InChI is InChI=1S/C26H30N6O/c1-17-15-28-26-30-21-6-2-4-18(12-21)7-8-20-14-22(29-25(17)32-26)9-10-23(20)31-24(33)13-19-5-3-11-27-16-19/h2,4,6,9-10,12,14-15,19,27H,3,5,7-8,11,13,16H2,1H3,(H,31,33)(H2,28,29,30,32)/t19-/m1/s1. The number of hydrogen-bond donors (Lipinski definition) is 4. The smallest absolute Gasteiger partial charge is 0.229 e. The van der Waals surface area contributed by atoms with Crippen LogP contribution in [-0.2, 0) is 17.6 Å². The summed E-state index contributed by atoms with van der Waals surface area (Å²) in [7, 11) is 0. The molecule has 0 spiro atoms. The van der Waals surface area contributed by atoms with Gasteiger partial charge in [-0.1, -0.05) is 12.1 Å². The lowest BCUT2D eigenvalue weighted by atomic mass is 9.95. The minimum atomic E-state index is 0.0889. The normalized spacial score (nSPS) is 17.4. The van der Waals surface area contributed by atoms with Gasteiger partial charge in [-0.3, -0.25) is 4.79 Å². The fraction of sp³-hybridized carbons (Fsp3) is 0.346. The number of piperidine rings is 1. The number of hydrogen-bond acceptors (Lipinski definition) is 6. The Bertz CT molecular complexity index is 1160. The average molecular weight is 443 g/mol. The third-order valence-electron chi connectivity index (χ3n) is 6.35. The highest BCUT2D eigenvalue weighted by Crippen LogP contribution is 2.28. The van der Waals surface area contributed by atoms with Gasteiger partial charge in [0.05, 0.1) is 0 Å². The van der Waals surface area contributed by atoms with E-state index in [1.807, 2.05) is 37.4 Å². The van der Waals surface area contributed by atoms with E-state index >= 15 is 0 Å². The first-order valence-electron chi connectivity index (χ1n) is 11.7. The van der Waals surface area contributed by atoms with Gasteiger partial charge in [0.1, 0.15) is 5.82 Å². The Morgan fingerprint density at radius 2 is 2.03 bits per heavy atom. The van der Waals surface area contributed by atoms with Gasteiger partial charge in [0.2, 0.25) is 11.9 Å². The molecule has 3 aromatic rings. The van der Waals surface area contributed by atoms with Crippen molar-refractivity contribution in [3.63, 3.8) is 0 Å². The molecule has 1 fully saturated rings. The molecule has 0 saturated carbocycles. The lowest BCUT2D eigenvalue weighted by Crippen LogP contribution is -2.32. The predicted molar refractivity (Wildman–Crippen MR) is 132 cm³/mol. The summed E-state index contributed by atoms with van der Waals surface area (Å²) >= 11 is 0. The van der Waals surface area contributed by atoms with Crippen LogP contribution in [-0.4, -0.2) is 29.0 Å². The molecule has 0 aliphatic carbocycles. The zero-order chi connectivity index (χ0) is 22.6. The minimum absolute atomic E-state index is 0.0889. The quantitative estimate of drug-likeness (QED) is 0.470. The molecule has 3 heterocycles. The van der Waals surface area contributed by atoms with Crippen molar-refractivity contribution in [2.24, 2.45) is 5.92 Å². The molecule has 5 rings (SSSR count). The van der Waals surface area contributed by atoms with Crippen LogP contribution in [0.4, 0.5) is 28.8 Å². The number of aryl methyl sites for hydroxylation is 3. The van der Waals surface area contributed by atoms with Crippen LogP contribution in [0.3, 0.4) is 0 Å². The highest BCUT2D eigenvalue weighted by atomic mass is 16.1. The molecule has 1 saturated heterocycles. The van der Waals surface area contributed by atoms with Crippen LogP contribution >= 0.6 is 0 Å². The lowest BCUT2D eigenvalue weighted by molar-refractivity contribution is -0.117. The molecular weight excluding hydrogens is 412 g/mol. The van der Waals surface area contributed by atoms with Crippen molar-refractivity contribution in [1.82, 2.24) is 15.3 Å². The molecule has 2 aromatic carbocycles. The number of benzene rings is 2. The molecule has 2 aliphatic heterocycles. The van der Waals surface area contributed by atoms with E-state index in [0.717, 1.165) is 72.8 Å². The molecule has 0 unspecified atom stereocenters. The van der Waals surface area contributed by atoms with E-state index in [4.69, 9.17) is 0 Å². The van der Waals surface area contributed by atoms with Crippen molar-refractivity contribution in [3.05, 3.63) is 65.4 Å². The van der Waals surface area contributed by atoms with Crippen molar-refractivity contribution in [3.8, 4) is 0 Å². The van der Waals surface area contributed by atoms with Gasteiger partial charge in [-0.25, -0.2) is 4.98 Å². The molecule has 4 N–H and O–H groups in total. The van der Waals surface area contributed by atoms with Crippen molar-refractivity contribution in [2.75, 3.05) is 29.0 Å². The minimum Gasteiger partial charge on any atom is -0.340 e. The Morgan fingerprint density at radius 3 is 2.91 bits per heavy atom. The van der Waals surface area contributed by atoms with Gasteiger partial charge in [0.15, 0.2) is 0 Å². The number of amides is 1. The average Bonchev–Trinajstić information content (AvgIpc) is 2.82. The Morgan fingerprint density at radius 1 is 1.12 bits per heavy atom. The SMILES string of the molecule is Cc1cnc2nc1Nc1ccc(NC(=O)C[C@H]3CCCNC3)c(c1)CCc1cccc(c1)N2. The van der Waals surface area contributed by atoms with Gasteiger partial charge in [-0.2, -0.15) is 4.98 Å². The number of fused-ring (bicyclic) bond motifs is 6. The van der Waals surface area contributed by atoms with Crippen molar-refractivity contribution < 1.29 is 4.79 Å². The summed E-state index contributed by atoms with van der Waals surface area (Å²) in [6, 6.07) is 14.4. The van der Waals surface area contributed by atoms with Crippen LogP contribution in [0.1, 0.15) is 36.0 Å². The van der Waals surface area contributed by atoms with Crippen molar-refractivity contribution in [1.29, 1.82) is 0 Å². The second kappa shape index (κ2) is 9.58. The monoisotopic (exact) mass is 442 g/mol. The molecule has 0 radical (unpaired) electrons. The highest BCUT2D eigenvalue weighted by Gasteiger charge is 2.18. The van der Waals surface area contributed by atoms with E-state index < -0.39 is 0 Å². The second-order valence-electron chi connectivity index (χ2n) is 9.01. The first kappa shape index (κ1) is 21.4. The Balaban J connectivity index is 1.43. The lowest BCUT2D eigenvalue weighted by Gasteiger charge is -2.22. The summed E-state index contributed by atoms with van der Waals surface area (Å²) in [5, 5.41) is 13.3. The molecule has 1 amide bonds. The summed E-state index contributed by atoms with van der Waals surface area (Å²) in [6.07, 6.45) is 6.32. The zero-order valence-electron chi connectivity index (χ0n) is 18.9. The maximum Gasteiger partial charge on any atom is 0.229 e. The van der Waals surface area contributed by atoms with Gasteiger partial charge < -0.3 is 21.3 Å². The van der Waals surface area contributed by atoms with Gasteiger partial charge in [-0.05, 0) is 93.1 Å². The topological polar surface area (TPSA) is 91.0 Å². The molecule has 33 heavy (non-hydrogen) atoms. The van der Waals surface area contributed by atoms with E-state index in [2.05, 4.69) is 49.4 Å². The van der Waals surface area contributed by atoms with E-state index in [0.29, 0.717) is 18.3 Å². The van der Waals surface area contributed by atoms with Crippen molar-refractivity contribution in [2.45, 2.75) is 39.0 Å². The first-order valence-corrected chi connectivity index (χ1v) is 11.7.